The van der Waals surface area contributed by atoms with Crippen molar-refractivity contribution in [2.75, 3.05) is 26.7 Å². The summed E-state index contributed by atoms with van der Waals surface area (Å²) >= 11 is 0. The molecule has 0 bridgehead atoms. The van der Waals surface area contributed by atoms with Crippen LogP contribution in [0.4, 0.5) is 0 Å². The van der Waals surface area contributed by atoms with Crippen LogP contribution in [0.1, 0.15) is 5.56 Å². The van der Waals surface area contributed by atoms with E-state index in [1.54, 1.807) is 7.11 Å². The maximum absolute atomic E-state index is 11.4. The van der Waals surface area contributed by atoms with E-state index in [0.29, 0.717) is 6.54 Å². The molecular formula is C13H19N3O2. The molecular weight excluding hydrogens is 230 g/mol. The van der Waals surface area contributed by atoms with Gasteiger partial charge in [0.05, 0.1) is 7.11 Å². The van der Waals surface area contributed by atoms with Gasteiger partial charge < -0.3 is 15.8 Å². The van der Waals surface area contributed by atoms with Crippen molar-refractivity contribution in [1.82, 2.24) is 10.2 Å². The van der Waals surface area contributed by atoms with E-state index in [9.17, 15) is 4.79 Å². The number of hydrogen-bond acceptors (Lipinski definition) is 4. The van der Waals surface area contributed by atoms with Crippen LogP contribution in [0.15, 0.2) is 24.3 Å². The number of amides is 1. The lowest BCUT2D eigenvalue weighted by molar-refractivity contribution is -0.124. The van der Waals surface area contributed by atoms with E-state index in [2.05, 4.69) is 10.2 Å². The third-order valence-electron chi connectivity index (χ3n) is 3.23. The molecule has 5 nitrogen and oxygen atoms in total. The van der Waals surface area contributed by atoms with Gasteiger partial charge in [0.15, 0.2) is 0 Å². The van der Waals surface area contributed by atoms with Gasteiger partial charge in [-0.3, -0.25) is 9.69 Å². The lowest BCUT2D eigenvalue weighted by Crippen LogP contribution is -2.56. The number of nitrogens with zero attached hydrogens (tertiary/aromatic N) is 1. The zero-order valence-electron chi connectivity index (χ0n) is 10.6. The van der Waals surface area contributed by atoms with Crippen molar-refractivity contribution in [2.24, 2.45) is 5.73 Å². The highest BCUT2D eigenvalue weighted by Gasteiger charge is 2.26. The first-order valence-corrected chi connectivity index (χ1v) is 6.07. The fourth-order valence-electron chi connectivity index (χ4n) is 2.18. The van der Waals surface area contributed by atoms with Gasteiger partial charge in [0.2, 0.25) is 5.91 Å². The van der Waals surface area contributed by atoms with Crippen LogP contribution in [0.25, 0.3) is 0 Å². The van der Waals surface area contributed by atoms with Crippen molar-refractivity contribution in [2.45, 2.75) is 12.6 Å². The third-order valence-corrected chi connectivity index (χ3v) is 3.23. The van der Waals surface area contributed by atoms with Gasteiger partial charge >= 0.3 is 0 Å². The molecule has 2 rings (SSSR count). The molecule has 0 aliphatic carbocycles. The molecule has 5 heteroatoms. The Hall–Kier alpha value is -1.59. The molecule has 1 atom stereocenters. The Bertz CT molecular complexity index is 405. The van der Waals surface area contributed by atoms with E-state index in [4.69, 9.17) is 10.5 Å². The number of hydrogen-bond donors (Lipinski definition) is 2. The Labute approximate surface area is 107 Å². The number of primary amides is 1. The molecule has 3 N–H and O–H groups in total. The average Bonchev–Trinajstić information content (AvgIpc) is 2.40. The van der Waals surface area contributed by atoms with Gasteiger partial charge in [-0.25, -0.2) is 0 Å². The fraction of sp³-hybridized carbons (Fsp3) is 0.462. The van der Waals surface area contributed by atoms with Gasteiger partial charge in [0.1, 0.15) is 11.8 Å². The Morgan fingerprint density at radius 3 is 2.83 bits per heavy atom. The Morgan fingerprint density at radius 1 is 1.50 bits per heavy atom. The van der Waals surface area contributed by atoms with Gasteiger partial charge in [0, 0.05) is 26.2 Å². The summed E-state index contributed by atoms with van der Waals surface area (Å²) in [6.07, 6.45) is 0. The molecule has 1 aromatic carbocycles. The van der Waals surface area contributed by atoms with Crippen molar-refractivity contribution >= 4 is 5.91 Å². The minimum Gasteiger partial charge on any atom is -0.497 e. The second kappa shape index (κ2) is 5.84. The van der Waals surface area contributed by atoms with Crippen molar-refractivity contribution in [1.29, 1.82) is 0 Å². The zero-order valence-corrected chi connectivity index (χ0v) is 10.6. The molecule has 0 aromatic heterocycles. The molecule has 98 valence electrons. The highest BCUT2D eigenvalue weighted by Crippen LogP contribution is 2.15. The van der Waals surface area contributed by atoms with Crippen molar-refractivity contribution in [3.8, 4) is 5.75 Å². The molecule has 1 unspecified atom stereocenters. The standard InChI is InChI=1S/C13H19N3O2/c1-18-11-4-2-10(3-5-11)9-16-7-6-15-8-12(16)13(14)17/h2-5,12,15H,6-9H2,1H3,(H2,14,17). The van der Waals surface area contributed by atoms with E-state index >= 15 is 0 Å². The minimum atomic E-state index is -0.268. The molecule has 1 heterocycles. The average molecular weight is 249 g/mol. The van der Waals surface area contributed by atoms with Crippen LogP contribution < -0.4 is 15.8 Å². The summed E-state index contributed by atoms with van der Waals surface area (Å²) in [5, 5.41) is 3.19. The number of carbonyl (C=O) groups is 1. The summed E-state index contributed by atoms with van der Waals surface area (Å²) in [6.45, 7) is 3.09. The van der Waals surface area contributed by atoms with Crippen LogP contribution >= 0.6 is 0 Å². The smallest absolute Gasteiger partial charge is 0.236 e. The van der Waals surface area contributed by atoms with Crippen LogP contribution in [-0.2, 0) is 11.3 Å². The minimum absolute atomic E-state index is 0.221. The predicted molar refractivity (Wildman–Crippen MR) is 69.3 cm³/mol. The normalized spacial score (nSPS) is 20.6. The molecule has 1 aliphatic heterocycles. The highest BCUT2D eigenvalue weighted by atomic mass is 16.5. The molecule has 1 aliphatic rings. The van der Waals surface area contributed by atoms with Crippen molar-refractivity contribution in [3.63, 3.8) is 0 Å². The van der Waals surface area contributed by atoms with Crippen LogP contribution in [0.2, 0.25) is 0 Å². The quantitative estimate of drug-likeness (QED) is 0.785. The maximum Gasteiger partial charge on any atom is 0.236 e. The number of rotatable bonds is 4. The van der Waals surface area contributed by atoms with E-state index in [0.717, 1.165) is 30.9 Å². The second-order valence-corrected chi connectivity index (χ2v) is 4.44. The molecule has 1 fully saturated rings. The van der Waals surface area contributed by atoms with Crippen LogP contribution in [0, 0.1) is 0 Å². The molecule has 0 spiro atoms. The molecule has 1 aromatic rings. The zero-order chi connectivity index (χ0) is 13.0. The lowest BCUT2D eigenvalue weighted by atomic mass is 10.1. The van der Waals surface area contributed by atoms with E-state index < -0.39 is 0 Å². The van der Waals surface area contributed by atoms with E-state index in [1.165, 1.54) is 0 Å². The van der Waals surface area contributed by atoms with E-state index in [1.807, 2.05) is 24.3 Å². The molecule has 1 saturated heterocycles. The molecule has 1 amide bonds. The largest absolute Gasteiger partial charge is 0.497 e. The lowest BCUT2D eigenvalue weighted by Gasteiger charge is -2.34. The molecule has 0 radical (unpaired) electrons. The van der Waals surface area contributed by atoms with Crippen LogP contribution in [0.5, 0.6) is 5.75 Å². The number of nitrogens with one attached hydrogen (secondary N) is 1. The Balaban J connectivity index is 2.03. The topological polar surface area (TPSA) is 67.6 Å². The Morgan fingerprint density at radius 2 is 2.22 bits per heavy atom. The van der Waals surface area contributed by atoms with E-state index in [-0.39, 0.29) is 11.9 Å². The predicted octanol–water partition coefficient (Wildman–Crippen LogP) is -0.0457. The number of methoxy groups -OCH3 is 1. The van der Waals surface area contributed by atoms with Gasteiger partial charge in [-0.05, 0) is 17.7 Å². The summed E-state index contributed by atoms with van der Waals surface area (Å²) in [5.74, 6) is 0.571. The first-order chi connectivity index (χ1) is 8.70. The van der Waals surface area contributed by atoms with Gasteiger partial charge in [0.25, 0.3) is 0 Å². The second-order valence-electron chi connectivity index (χ2n) is 4.44. The number of nitrogens with two attached hydrogens (primary N) is 1. The summed E-state index contributed by atoms with van der Waals surface area (Å²) in [7, 11) is 1.65. The SMILES string of the molecule is COc1ccc(CN2CCNCC2C(N)=O)cc1. The first-order valence-electron chi connectivity index (χ1n) is 6.07. The monoisotopic (exact) mass is 249 g/mol. The number of benzene rings is 1. The summed E-state index contributed by atoms with van der Waals surface area (Å²) < 4.78 is 5.12. The summed E-state index contributed by atoms with van der Waals surface area (Å²) in [4.78, 5) is 13.5. The van der Waals surface area contributed by atoms with Crippen molar-refractivity contribution in [3.05, 3.63) is 29.8 Å². The summed E-state index contributed by atoms with van der Waals surface area (Å²) in [6, 6.07) is 7.66. The number of ether oxygens (including phenoxy) is 1. The van der Waals surface area contributed by atoms with Gasteiger partial charge in [-0.15, -0.1) is 0 Å². The molecule has 18 heavy (non-hydrogen) atoms. The summed E-state index contributed by atoms with van der Waals surface area (Å²) in [5.41, 5.74) is 6.57. The molecule has 0 saturated carbocycles. The fourth-order valence-corrected chi connectivity index (χ4v) is 2.18. The highest BCUT2D eigenvalue weighted by molar-refractivity contribution is 5.80. The van der Waals surface area contributed by atoms with Crippen LogP contribution in [0.3, 0.4) is 0 Å². The van der Waals surface area contributed by atoms with Crippen molar-refractivity contribution < 1.29 is 9.53 Å². The Kier molecular flexibility index (Phi) is 4.17. The van der Waals surface area contributed by atoms with Crippen LogP contribution in [-0.4, -0.2) is 43.6 Å². The maximum atomic E-state index is 11.4. The third kappa shape index (κ3) is 3.00. The number of piperazine rings is 1. The first kappa shape index (κ1) is 12.9. The van der Waals surface area contributed by atoms with Gasteiger partial charge in [-0.1, -0.05) is 12.1 Å². The van der Waals surface area contributed by atoms with Gasteiger partial charge in [-0.2, -0.15) is 0 Å². The number of carbonyl (C=O) groups excluding carboxylic acids is 1.